The van der Waals surface area contributed by atoms with Crippen LogP contribution in [-0.2, 0) is 0 Å². The lowest BCUT2D eigenvalue weighted by Gasteiger charge is -2.08. The fourth-order valence-corrected chi connectivity index (χ4v) is 2.49. The minimum atomic E-state index is 0.949. The Morgan fingerprint density at radius 2 is 1.84 bits per heavy atom. The number of benzene rings is 1. The molecule has 0 fully saturated rings. The van der Waals surface area contributed by atoms with E-state index < -0.39 is 0 Å². The molecule has 0 saturated carbocycles. The first-order chi connectivity index (χ1) is 9.43. The summed E-state index contributed by atoms with van der Waals surface area (Å²) in [5.74, 6) is 0. The Kier molecular flexibility index (Phi) is 2.12. The van der Waals surface area contributed by atoms with Crippen LogP contribution >= 0.6 is 0 Å². The molecule has 0 bridgehead atoms. The predicted molar refractivity (Wildman–Crippen MR) is 75.9 cm³/mol. The fraction of sp³-hybridized carbons (Fsp3) is 0. The first-order valence-corrected chi connectivity index (χ1v) is 6.19. The highest BCUT2D eigenvalue weighted by molar-refractivity contribution is 5.95. The first kappa shape index (κ1) is 10.3. The Labute approximate surface area is 110 Å². The summed E-state index contributed by atoms with van der Waals surface area (Å²) in [6.07, 6.45) is 7.60. The molecule has 0 radical (unpaired) electrons. The third kappa shape index (κ3) is 1.52. The van der Waals surface area contributed by atoms with E-state index in [0.717, 1.165) is 22.3 Å². The molecule has 0 aliphatic heterocycles. The van der Waals surface area contributed by atoms with Gasteiger partial charge in [0.1, 0.15) is 5.65 Å². The second kappa shape index (κ2) is 3.92. The number of hydrogen-bond acceptors (Lipinski definition) is 2. The van der Waals surface area contributed by atoms with E-state index in [-0.39, 0.29) is 0 Å². The highest BCUT2D eigenvalue weighted by atomic mass is 15.0. The Morgan fingerprint density at radius 3 is 2.84 bits per heavy atom. The van der Waals surface area contributed by atoms with E-state index in [1.54, 1.807) is 0 Å². The van der Waals surface area contributed by atoms with Crippen molar-refractivity contribution in [3.05, 3.63) is 67.3 Å². The molecule has 3 heterocycles. The van der Waals surface area contributed by atoms with Gasteiger partial charge in [0.15, 0.2) is 0 Å². The van der Waals surface area contributed by atoms with Gasteiger partial charge in [-0.15, -0.1) is 0 Å². The third-order valence-electron chi connectivity index (χ3n) is 3.37. The first-order valence-electron chi connectivity index (χ1n) is 6.19. The average molecular weight is 245 g/mol. The summed E-state index contributed by atoms with van der Waals surface area (Å²) in [6.45, 7) is 0. The van der Waals surface area contributed by atoms with Gasteiger partial charge in [-0.05, 0) is 17.5 Å². The maximum Gasteiger partial charge on any atom is 0.137 e. The maximum absolute atomic E-state index is 4.35. The topological polar surface area (TPSA) is 30.2 Å². The summed E-state index contributed by atoms with van der Waals surface area (Å²) in [5, 5.41) is 2.36. The lowest BCUT2D eigenvalue weighted by atomic mass is 10.0. The molecule has 90 valence electrons. The summed E-state index contributed by atoms with van der Waals surface area (Å²) < 4.78 is 2.09. The summed E-state index contributed by atoms with van der Waals surface area (Å²) in [5.41, 5.74) is 3.19. The van der Waals surface area contributed by atoms with Crippen molar-refractivity contribution in [2.75, 3.05) is 0 Å². The van der Waals surface area contributed by atoms with Gasteiger partial charge in [0, 0.05) is 35.7 Å². The number of pyridine rings is 2. The molecule has 19 heavy (non-hydrogen) atoms. The number of aromatic nitrogens is 3. The molecule has 0 aliphatic carbocycles. The zero-order valence-electron chi connectivity index (χ0n) is 10.2. The molecular weight excluding hydrogens is 234 g/mol. The average Bonchev–Trinajstić information content (AvgIpc) is 2.95. The minimum Gasteiger partial charge on any atom is -0.300 e. The Hall–Kier alpha value is -2.68. The predicted octanol–water partition coefficient (Wildman–Crippen LogP) is 3.55. The van der Waals surface area contributed by atoms with Crippen molar-refractivity contribution in [2.45, 2.75) is 0 Å². The van der Waals surface area contributed by atoms with E-state index in [0.29, 0.717) is 0 Å². The van der Waals surface area contributed by atoms with Crippen LogP contribution in [0.5, 0.6) is 0 Å². The maximum atomic E-state index is 4.35. The normalized spacial score (nSPS) is 11.2. The van der Waals surface area contributed by atoms with Gasteiger partial charge in [-0.1, -0.05) is 30.3 Å². The van der Waals surface area contributed by atoms with E-state index in [2.05, 4.69) is 38.6 Å². The van der Waals surface area contributed by atoms with E-state index in [1.807, 2.05) is 43.0 Å². The van der Waals surface area contributed by atoms with E-state index >= 15 is 0 Å². The molecular formula is C16H11N3. The second-order valence-corrected chi connectivity index (χ2v) is 4.47. The molecule has 0 spiro atoms. The number of rotatable bonds is 1. The Balaban J connectivity index is 2.12. The van der Waals surface area contributed by atoms with Gasteiger partial charge in [-0.25, -0.2) is 4.98 Å². The van der Waals surface area contributed by atoms with E-state index in [1.165, 1.54) is 5.39 Å². The van der Waals surface area contributed by atoms with Crippen molar-refractivity contribution in [2.24, 2.45) is 0 Å². The van der Waals surface area contributed by atoms with Gasteiger partial charge in [-0.3, -0.25) is 9.38 Å². The number of fused-ring (bicyclic) bond motifs is 2. The summed E-state index contributed by atoms with van der Waals surface area (Å²) in [7, 11) is 0. The van der Waals surface area contributed by atoms with Gasteiger partial charge in [0.2, 0.25) is 0 Å². The number of nitrogens with zero attached hydrogens (tertiary/aromatic N) is 3. The standard InChI is InChI=1S/C16H11N3/c1-2-5-13-12(4-1)10-17-11-14(13)15-6-3-7-16-18-8-9-19(15)16/h1-11H. The molecule has 0 saturated heterocycles. The van der Waals surface area contributed by atoms with Crippen LogP contribution in [0.4, 0.5) is 0 Å². The lowest BCUT2D eigenvalue weighted by Crippen LogP contribution is -1.92. The minimum absolute atomic E-state index is 0.949. The fourth-order valence-electron chi connectivity index (χ4n) is 2.49. The molecule has 0 atom stereocenters. The number of hydrogen-bond donors (Lipinski definition) is 0. The zero-order valence-corrected chi connectivity index (χ0v) is 10.2. The van der Waals surface area contributed by atoms with Crippen LogP contribution in [0.15, 0.2) is 67.3 Å². The van der Waals surface area contributed by atoms with Crippen molar-refractivity contribution < 1.29 is 0 Å². The van der Waals surface area contributed by atoms with Gasteiger partial charge in [-0.2, -0.15) is 0 Å². The summed E-state index contributed by atoms with van der Waals surface area (Å²) >= 11 is 0. The lowest BCUT2D eigenvalue weighted by molar-refractivity contribution is 1.19. The molecule has 1 aromatic carbocycles. The number of imidazole rings is 1. The molecule has 0 N–H and O–H groups in total. The van der Waals surface area contributed by atoms with Crippen LogP contribution in [0.2, 0.25) is 0 Å². The van der Waals surface area contributed by atoms with E-state index in [4.69, 9.17) is 0 Å². The largest absolute Gasteiger partial charge is 0.300 e. The second-order valence-electron chi connectivity index (χ2n) is 4.47. The zero-order chi connectivity index (χ0) is 12.7. The molecule has 0 amide bonds. The van der Waals surface area contributed by atoms with Gasteiger partial charge in [0.25, 0.3) is 0 Å². The van der Waals surface area contributed by atoms with Crippen molar-refractivity contribution in [3.8, 4) is 11.3 Å². The molecule has 4 aromatic rings. The summed E-state index contributed by atoms with van der Waals surface area (Å²) in [6, 6.07) is 14.4. The summed E-state index contributed by atoms with van der Waals surface area (Å²) in [4.78, 5) is 8.67. The monoisotopic (exact) mass is 245 g/mol. The molecule has 4 rings (SSSR count). The Bertz CT molecular complexity index is 872. The van der Waals surface area contributed by atoms with Crippen molar-refractivity contribution >= 4 is 16.4 Å². The molecule has 3 aromatic heterocycles. The van der Waals surface area contributed by atoms with Crippen molar-refractivity contribution in [1.29, 1.82) is 0 Å². The van der Waals surface area contributed by atoms with Gasteiger partial charge >= 0.3 is 0 Å². The van der Waals surface area contributed by atoms with Crippen LogP contribution in [0, 0.1) is 0 Å². The van der Waals surface area contributed by atoms with Crippen molar-refractivity contribution in [3.63, 3.8) is 0 Å². The van der Waals surface area contributed by atoms with Crippen LogP contribution in [0.25, 0.3) is 27.7 Å². The highest BCUT2D eigenvalue weighted by Gasteiger charge is 2.07. The van der Waals surface area contributed by atoms with Gasteiger partial charge in [0.05, 0.1) is 5.69 Å². The van der Waals surface area contributed by atoms with Gasteiger partial charge < -0.3 is 0 Å². The highest BCUT2D eigenvalue weighted by Crippen LogP contribution is 2.27. The van der Waals surface area contributed by atoms with E-state index in [9.17, 15) is 0 Å². The third-order valence-corrected chi connectivity index (χ3v) is 3.37. The SMILES string of the molecule is c1ccc2c(-c3cccc4nccn34)cncc2c1. The quantitative estimate of drug-likeness (QED) is 0.513. The van der Waals surface area contributed by atoms with Crippen LogP contribution in [0.3, 0.4) is 0 Å². The molecule has 3 nitrogen and oxygen atoms in total. The van der Waals surface area contributed by atoms with Crippen molar-refractivity contribution in [1.82, 2.24) is 14.4 Å². The molecule has 0 aliphatic rings. The van der Waals surface area contributed by atoms with Crippen LogP contribution in [-0.4, -0.2) is 14.4 Å². The smallest absolute Gasteiger partial charge is 0.137 e. The Morgan fingerprint density at radius 1 is 0.895 bits per heavy atom. The molecule has 3 heteroatoms. The van der Waals surface area contributed by atoms with Crippen LogP contribution in [0.1, 0.15) is 0 Å². The van der Waals surface area contributed by atoms with Crippen LogP contribution < -0.4 is 0 Å². The molecule has 0 unspecified atom stereocenters.